The van der Waals surface area contributed by atoms with E-state index in [1.807, 2.05) is 36.4 Å². The van der Waals surface area contributed by atoms with E-state index >= 15 is 0 Å². The zero-order valence-electron chi connectivity index (χ0n) is 40.4. The Hall–Kier alpha value is -7.99. The maximum absolute atomic E-state index is 9.05. The van der Waals surface area contributed by atoms with Gasteiger partial charge in [-0.3, -0.25) is 0 Å². The van der Waals surface area contributed by atoms with Gasteiger partial charge < -0.3 is 4.57 Å². The zero-order valence-corrected chi connectivity index (χ0v) is 36.3. The molecule has 1 aliphatic carbocycles. The lowest BCUT2D eigenvalue weighted by Crippen LogP contribution is -2.14. The molecule has 12 aromatic rings. The monoisotopic (exact) mass is 853 g/mol. The molecule has 0 amide bonds. The van der Waals surface area contributed by atoms with Crippen molar-refractivity contribution < 1.29 is 6.85 Å². The van der Waals surface area contributed by atoms with Crippen molar-refractivity contribution in [3.63, 3.8) is 0 Å². The Bertz CT molecular complexity index is 4130. The highest BCUT2D eigenvalue weighted by Gasteiger charge is 2.37. The van der Waals surface area contributed by atoms with Crippen LogP contribution in [-0.4, -0.2) is 19.5 Å². The summed E-state index contributed by atoms with van der Waals surface area (Å²) in [5, 5.41) is 4.37. The van der Waals surface area contributed by atoms with Crippen LogP contribution in [-0.2, 0) is 5.41 Å². The summed E-state index contributed by atoms with van der Waals surface area (Å²) in [6.45, 7) is 4.62. The molecule has 5 heteroatoms. The Kier molecular flexibility index (Phi) is 7.30. The fourth-order valence-electron chi connectivity index (χ4n) is 10.1. The summed E-state index contributed by atoms with van der Waals surface area (Å²) >= 11 is 1.68. The lowest BCUT2D eigenvalue weighted by molar-refractivity contribution is 0.661. The number of fused-ring (bicyclic) bond motifs is 10. The van der Waals surface area contributed by atoms with E-state index in [1.165, 1.54) is 22.3 Å². The van der Waals surface area contributed by atoms with Crippen LogP contribution in [0.2, 0.25) is 0 Å². The lowest BCUT2D eigenvalue weighted by Gasteiger charge is -2.21. The number of aromatic nitrogens is 4. The molecular formula is C60H40N4S. The third kappa shape index (κ3) is 5.86. The summed E-state index contributed by atoms with van der Waals surface area (Å²) in [5.74, 6) is 0.630. The smallest absolute Gasteiger partial charge is 0.165 e. The number of thiophene rings is 1. The number of hydrogen-bond acceptors (Lipinski definition) is 4. The van der Waals surface area contributed by atoms with Gasteiger partial charge in [0.15, 0.2) is 17.5 Å². The molecule has 306 valence electrons. The maximum atomic E-state index is 9.05. The van der Waals surface area contributed by atoms with Crippen LogP contribution >= 0.6 is 11.3 Å². The van der Waals surface area contributed by atoms with Crippen LogP contribution in [0.3, 0.4) is 0 Å². The van der Waals surface area contributed by atoms with Crippen LogP contribution in [0.4, 0.5) is 0 Å². The topological polar surface area (TPSA) is 43.6 Å². The van der Waals surface area contributed by atoms with Crippen LogP contribution in [0.5, 0.6) is 0 Å². The molecule has 0 saturated carbocycles. The van der Waals surface area contributed by atoms with Crippen molar-refractivity contribution in [1.82, 2.24) is 19.5 Å². The molecule has 3 aromatic heterocycles. The second-order valence-corrected chi connectivity index (χ2v) is 18.2. The largest absolute Gasteiger partial charge is 0.309 e. The van der Waals surface area contributed by atoms with E-state index in [2.05, 4.69) is 158 Å². The van der Waals surface area contributed by atoms with Crippen molar-refractivity contribution in [2.24, 2.45) is 0 Å². The Morgan fingerprint density at radius 1 is 0.446 bits per heavy atom. The Morgan fingerprint density at radius 3 is 1.91 bits per heavy atom. The highest BCUT2D eigenvalue weighted by atomic mass is 32.1. The van der Waals surface area contributed by atoms with E-state index in [0.717, 1.165) is 75.5 Å². The van der Waals surface area contributed by atoms with Crippen LogP contribution in [0.25, 0.3) is 115 Å². The van der Waals surface area contributed by atoms with Crippen LogP contribution in [0.15, 0.2) is 206 Å². The summed E-state index contributed by atoms with van der Waals surface area (Å²) in [6, 6.07) is 59.4. The van der Waals surface area contributed by atoms with E-state index in [1.54, 1.807) is 11.3 Å². The number of benzene rings is 9. The highest BCUT2D eigenvalue weighted by Crippen LogP contribution is 2.53. The van der Waals surface area contributed by atoms with Gasteiger partial charge in [0.1, 0.15) is 0 Å². The van der Waals surface area contributed by atoms with Gasteiger partial charge in [-0.15, -0.1) is 11.3 Å². The molecule has 0 unspecified atom stereocenters. The standard InChI is InChI=1S/C60H40N4S/c1-60(2)50-30-14-12-27-47(50)53-51(60)33-32-45-44-26-13-15-31-52(44)64(54(45)53)42-35-48-46-29-17-28-43(41-25-16-24-40(34-41)37-18-6-3-7-19-37)55(46)65-56(48)49(36-42)59-62-57(38-20-8-4-9-21-38)61-58(63-59)39-22-10-5-11-23-39/h3-36H,1-2H3/i4D,8D,9D,20D,21D. The molecule has 9 aromatic carbocycles. The highest BCUT2D eigenvalue weighted by molar-refractivity contribution is 7.26. The first kappa shape index (κ1) is 32.7. The number of para-hydroxylation sites is 1. The molecule has 0 atom stereocenters. The fraction of sp³-hybridized carbons (Fsp3) is 0.0500. The minimum atomic E-state index is -0.482. The van der Waals surface area contributed by atoms with Crippen LogP contribution in [0, 0.1) is 0 Å². The van der Waals surface area contributed by atoms with Gasteiger partial charge in [-0.25, -0.2) is 15.0 Å². The van der Waals surface area contributed by atoms with Gasteiger partial charge in [-0.2, -0.15) is 0 Å². The molecular weight excluding hydrogens is 809 g/mol. The average Bonchev–Trinajstić information content (AvgIpc) is 4.03. The molecule has 0 saturated heterocycles. The summed E-state index contributed by atoms with van der Waals surface area (Å²) < 4.78 is 48.2. The summed E-state index contributed by atoms with van der Waals surface area (Å²) in [4.78, 5) is 15.3. The van der Waals surface area contributed by atoms with Crippen molar-refractivity contribution in [2.75, 3.05) is 0 Å². The molecule has 0 spiro atoms. The zero-order chi connectivity index (χ0) is 47.6. The second kappa shape index (κ2) is 14.5. The second-order valence-electron chi connectivity index (χ2n) is 17.2. The van der Waals surface area contributed by atoms with E-state index in [9.17, 15) is 0 Å². The number of nitrogens with zero attached hydrogens (tertiary/aromatic N) is 4. The predicted molar refractivity (Wildman–Crippen MR) is 272 cm³/mol. The quantitative estimate of drug-likeness (QED) is 0.167. The Labute approximate surface area is 387 Å². The first-order chi connectivity index (χ1) is 34.1. The third-order valence-electron chi connectivity index (χ3n) is 13.1. The first-order valence-electron chi connectivity index (χ1n) is 24.3. The maximum Gasteiger partial charge on any atom is 0.165 e. The molecule has 0 fully saturated rings. The van der Waals surface area contributed by atoms with E-state index in [0.29, 0.717) is 17.2 Å². The Balaban J connectivity index is 1.16. The van der Waals surface area contributed by atoms with Crippen molar-refractivity contribution in [3.8, 4) is 73.2 Å². The van der Waals surface area contributed by atoms with Gasteiger partial charge in [0.25, 0.3) is 0 Å². The molecule has 3 heterocycles. The minimum absolute atomic E-state index is 0.00699. The van der Waals surface area contributed by atoms with E-state index in [4.69, 9.17) is 21.8 Å². The molecule has 13 rings (SSSR count). The molecule has 0 aliphatic heterocycles. The normalized spacial score (nSPS) is 14.0. The van der Waals surface area contributed by atoms with Gasteiger partial charge in [0.05, 0.1) is 17.9 Å². The minimum Gasteiger partial charge on any atom is -0.309 e. The lowest BCUT2D eigenvalue weighted by atomic mass is 9.82. The molecule has 0 bridgehead atoms. The molecule has 0 radical (unpaired) electrons. The van der Waals surface area contributed by atoms with Crippen molar-refractivity contribution >= 4 is 53.3 Å². The van der Waals surface area contributed by atoms with E-state index in [-0.39, 0.29) is 28.9 Å². The van der Waals surface area contributed by atoms with Crippen LogP contribution in [0.1, 0.15) is 31.8 Å². The summed E-state index contributed by atoms with van der Waals surface area (Å²) in [7, 11) is 0. The van der Waals surface area contributed by atoms with Crippen molar-refractivity contribution in [1.29, 1.82) is 0 Å². The third-order valence-corrected chi connectivity index (χ3v) is 14.4. The van der Waals surface area contributed by atoms with Gasteiger partial charge in [-0.05, 0) is 63.2 Å². The number of hydrogen-bond donors (Lipinski definition) is 0. The van der Waals surface area contributed by atoms with Gasteiger partial charge >= 0.3 is 0 Å². The molecule has 4 nitrogen and oxygen atoms in total. The van der Waals surface area contributed by atoms with E-state index < -0.39 is 18.1 Å². The SMILES string of the molecule is [2H]c1c([2H])c([2H])c(-c2nc(-c3ccccc3)nc(-c3cc(-n4c5ccccc5c5ccc6c(c54)-c4ccccc4C6(C)C)cc4c3sc3c(-c5cccc(-c6ccccc6)c5)cccc34)n2)c([2H])c1[2H]. The van der Waals surface area contributed by atoms with Crippen molar-refractivity contribution in [2.45, 2.75) is 19.3 Å². The fourth-order valence-corrected chi connectivity index (χ4v) is 11.4. The summed E-state index contributed by atoms with van der Waals surface area (Å²) in [5.41, 5.74) is 13.6. The van der Waals surface area contributed by atoms with Crippen LogP contribution < -0.4 is 0 Å². The molecule has 65 heavy (non-hydrogen) atoms. The van der Waals surface area contributed by atoms with Crippen molar-refractivity contribution in [3.05, 3.63) is 217 Å². The summed E-state index contributed by atoms with van der Waals surface area (Å²) in [6.07, 6.45) is 0. The molecule has 1 aliphatic rings. The first-order valence-corrected chi connectivity index (χ1v) is 22.6. The number of rotatable bonds is 6. The average molecular weight is 854 g/mol. The Morgan fingerprint density at radius 2 is 1.08 bits per heavy atom. The molecule has 0 N–H and O–H groups in total. The predicted octanol–water partition coefficient (Wildman–Crippen LogP) is 16.0. The van der Waals surface area contributed by atoms with Gasteiger partial charge in [0, 0.05) is 64.3 Å². The van der Waals surface area contributed by atoms with Gasteiger partial charge in [-0.1, -0.05) is 196 Å². The van der Waals surface area contributed by atoms with Gasteiger partial charge in [0.2, 0.25) is 0 Å².